The Morgan fingerprint density at radius 3 is 2.36 bits per heavy atom. The van der Waals surface area contributed by atoms with Crippen molar-refractivity contribution in [3.05, 3.63) is 66.0 Å². The second kappa shape index (κ2) is 10.9. The second-order valence-corrected chi connectivity index (χ2v) is 7.76. The first-order valence-electron chi connectivity index (χ1n) is 9.43. The lowest BCUT2D eigenvalue weighted by atomic mass is 10.1. The first kappa shape index (κ1) is 22.0. The number of nitrogens with zero attached hydrogens (tertiary/aromatic N) is 1. The average Bonchev–Trinajstić information content (AvgIpc) is 2.71. The van der Waals surface area contributed by atoms with Crippen molar-refractivity contribution in [3.63, 3.8) is 0 Å². The molecule has 0 radical (unpaired) electrons. The average molecular weight is 403 g/mol. The van der Waals surface area contributed by atoms with E-state index < -0.39 is 6.04 Å². The Balaban J connectivity index is 2.15. The molecule has 2 amide bonds. The molecule has 2 rings (SSSR count). The van der Waals surface area contributed by atoms with Gasteiger partial charge in [-0.2, -0.15) is 0 Å². The van der Waals surface area contributed by atoms with Crippen molar-refractivity contribution in [2.45, 2.75) is 50.7 Å². The van der Waals surface area contributed by atoms with Gasteiger partial charge in [-0.05, 0) is 38.5 Å². The minimum atomic E-state index is -0.697. The van der Waals surface area contributed by atoms with E-state index in [0.717, 1.165) is 11.3 Å². The third kappa shape index (κ3) is 6.37. The number of hydrogen-bond donors (Lipinski definition) is 1. The van der Waals surface area contributed by atoms with E-state index in [1.54, 1.807) is 25.1 Å². The minimum absolute atomic E-state index is 0.0130. The first-order chi connectivity index (χ1) is 13.4. The van der Waals surface area contributed by atoms with Gasteiger partial charge in [0.2, 0.25) is 11.8 Å². The molecule has 0 aromatic heterocycles. The summed E-state index contributed by atoms with van der Waals surface area (Å²) in [6.07, 6.45) is 0.795. The molecule has 4 nitrogen and oxygen atoms in total. The standard InChI is InChI=1S/C22H27FN2O2S/c1-4-16(2)24-22(27)17(3)25(14-18-10-8-9-13-20(18)23)21(26)15-28-19-11-6-5-7-12-19/h5-13,16-17H,4,14-15H2,1-3H3,(H,24,27)/t16-,17-/m0/s1. The van der Waals surface area contributed by atoms with E-state index in [9.17, 15) is 14.0 Å². The van der Waals surface area contributed by atoms with Crippen molar-refractivity contribution in [3.8, 4) is 0 Å². The molecule has 28 heavy (non-hydrogen) atoms. The van der Waals surface area contributed by atoms with Crippen LogP contribution in [0.5, 0.6) is 0 Å². The van der Waals surface area contributed by atoms with E-state index >= 15 is 0 Å². The quantitative estimate of drug-likeness (QED) is 0.638. The lowest BCUT2D eigenvalue weighted by molar-refractivity contribution is -0.139. The fourth-order valence-corrected chi connectivity index (χ4v) is 3.41. The molecule has 150 valence electrons. The van der Waals surface area contributed by atoms with Crippen molar-refractivity contribution in [1.82, 2.24) is 10.2 Å². The molecule has 0 spiro atoms. The van der Waals surface area contributed by atoms with E-state index in [1.165, 1.54) is 22.7 Å². The molecule has 1 N–H and O–H groups in total. The second-order valence-electron chi connectivity index (χ2n) is 6.71. The van der Waals surface area contributed by atoms with Crippen LogP contribution in [0.4, 0.5) is 4.39 Å². The Bertz CT molecular complexity index is 785. The molecule has 0 aliphatic heterocycles. The summed E-state index contributed by atoms with van der Waals surface area (Å²) >= 11 is 1.40. The Labute approximate surface area is 170 Å². The first-order valence-corrected chi connectivity index (χ1v) is 10.4. The van der Waals surface area contributed by atoms with Crippen LogP contribution in [-0.2, 0) is 16.1 Å². The maximum absolute atomic E-state index is 14.1. The van der Waals surface area contributed by atoms with Gasteiger partial charge in [0, 0.05) is 23.0 Å². The zero-order valence-corrected chi connectivity index (χ0v) is 17.3. The normalized spacial score (nSPS) is 12.9. The molecule has 0 bridgehead atoms. The molecular formula is C22H27FN2O2S. The third-order valence-electron chi connectivity index (χ3n) is 4.57. The van der Waals surface area contributed by atoms with Crippen molar-refractivity contribution in [1.29, 1.82) is 0 Å². The van der Waals surface area contributed by atoms with E-state index in [1.807, 2.05) is 44.2 Å². The topological polar surface area (TPSA) is 49.4 Å². The van der Waals surface area contributed by atoms with E-state index in [0.29, 0.717) is 5.56 Å². The molecule has 0 unspecified atom stereocenters. The van der Waals surface area contributed by atoms with E-state index in [-0.39, 0.29) is 36.0 Å². The number of thioether (sulfide) groups is 1. The van der Waals surface area contributed by atoms with Crippen molar-refractivity contribution < 1.29 is 14.0 Å². The van der Waals surface area contributed by atoms with Gasteiger partial charge >= 0.3 is 0 Å². The van der Waals surface area contributed by atoms with Crippen LogP contribution in [0.2, 0.25) is 0 Å². The molecule has 0 saturated carbocycles. The predicted molar refractivity (Wildman–Crippen MR) is 111 cm³/mol. The van der Waals surface area contributed by atoms with Gasteiger partial charge in [0.05, 0.1) is 5.75 Å². The Morgan fingerprint density at radius 1 is 1.07 bits per heavy atom. The molecule has 0 aliphatic carbocycles. The Morgan fingerprint density at radius 2 is 1.71 bits per heavy atom. The highest BCUT2D eigenvalue weighted by Crippen LogP contribution is 2.20. The number of amides is 2. The largest absolute Gasteiger partial charge is 0.352 e. The highest BCUT2D eigenvalue weighted by molar-refractivity contribution is 8.00. The summed E-state index contributed by atoms with van der Waals surface area (Å²) in [5, 5.41) is 2.91. The molecule has 0 fully saturated rings. The van der Waals surface area contributed by atoms with Crippen LogP contribution < -0.4 is 5.32 Å². The molecule has 6 heteroatoms. The Kier molecular flexibility index (Phi) is 8.51. The SMILES string of the molecule is CC[C@H](C)NC(=O)[C@H](C)N(Cc1ccccc1F)C(=O)CSc1ccccc1. The molecular weight excluding hydrogens is 375 g/mol. The summed E-state index contributed by atoms with van der Waals surface area (Å²) < 4.78 is 14.1. The van der Waals surface area contributed by atoms with Gasteiger partial charge in [-0.15, -0.1) is 11.8 Å². The summed E-state index contributed by atoms with van der Waals surface area (Å²) in [4.78, 5) is 28.0. The summed E-state index contributed by atoms with van der Waals surface area (Å²) in [5.41, 5.74) is 0.392. The molecule has 2 aromatic rings. The third-order valence-corrected chi connectivity index (χ3v) is 5.57. The fourth-order valence-electron chi connectivity index (χ4n) is 2.60. The summed E-state index contributed by atoms with van der Waals surface area (Å²) in [6, 6.07) is 15.2. The lowest BCUT2D eigenvalue weighted by Crippen LogP contribution is -2.50. The number of carbonyl (C=O) groups excluding carboxylic acids is 2. The van der Waals surface area contributed by atoms with Crippen molar-refractivity contribution in [2.75, 3.05) is 5.75 Å². The molecule has 0 aliphatic rings. The van der Waals surface area contributed by atoms with Crippen LogP contribution in [0.1, 0.15) is 32.8 Å². The van der Waals surface area contributed by atoms with Gasteiger partial charge < -0.3 is 10.2 Å². The van der Waals surface area contributed by atoms with Crippen LogP contribution in [-0.4, -0.2) is 34.6 Å². The molecule has 0 heterocycles. The van der Waals surface area contributed by atoms with Crippen LogP contribution in [0.3, 0.4) is 0 Å². The van der Waals surface area contributed by atoms with Crippen LogP contribution in [0.15, 0.2) is 59.5 Å². The van der Waals surface area contributed by atoms with Crippen LogP contribution in [0.25, 0.3) is 0 Å². The van der Waals surface area contributed by atoms with Gasteiger partial charge in [0.1, 0.15) is 11.9 Å². The van der Waals surface area contributed by atoms with Gasteiger partial charge in [-0.3, -0.25) is 9.59 Å². The predicted octanol–water partition coefficient (Wildman–Crippen LogP) is 4.25. The fraction of sp³-hybridized carbons (Fsp3) is 0.364. The maximum Gasteiger partial charge on any atom is 0.242 e. The number of hydrogen-bond acceptors (Lipinski definition) is 3. The van der Waals surface area contributed by atoms with Crippen molar-refractivity contribution >= 4 is 23.6 Å². The number of nitrogens with one attached hydrogen (secondary N) is 1. The van der Waals surface area contributed by atoms with Crippen LogP contribution >= 0.6 is 11.8 Å². The van der Waals surface area contributed by atoms with Gasteiger partial charge in [-0.1, -0.05) is 43.3 Å². The minimum Gasteiger partial charge on any atom is -0.352 e. The molecule has 2 aromatic carbocycles. The maximum atomic E-state index is 14.1. The molecule has 2 atom stereocenters. The Hall–Kier alpha value is -2.34. The highest BCUT2D eigenvalue weighted by Gasteiger charge is 2.27. The molecule has 0 saturated heterocycles. The van der Waals surface area contributed by atoms with E-state index in [4.69, 9.17) is 0 Å². The lowest BCUT2D eigenvalue weighted by Gasteiger charge is -2.29. The number of carbonyl (C=O) groups is 2. The zero-order chi connectivity index (χ0) is 20.5. The zero-order valence-electron chi connectivity index (χ0n) is 16.5. The smallest absolute Gasteiger partial charge is 0.242 e. The monoisotopic (exact) mass is 402 g/mol. The van der Waals surface area contributed by atoms with Gasteiger partial charge in [-0.25, -0.2) is 4.39 Å². The number of halogens is 1. The highest BCUT2D eigenvalue weighted by atomic mass is 32.2. The number of benzene rings is 2. The summed E-state index contributed by atoms with van der Waals surface area (Å²) in [7, 11) is 0. The number of rotatable bonds is 9. The van der Waals surface area contributed by atoms with Crippen LogP contribution in [0, 0.1) is 5.82 Å². The van der Waals surface area contributed by atoms with Gasteiger partial charge in [0.25, 0.3) is 0 Å². The summed E-state index contributed by atoms with van der Waals surface area (Å²) in [5.74, 6) is -0.641. The summed E-state index contributed by atoms with van der Waals surface area (Å²) in [6.45, 7) is 5.63. The van der Waals surface area contributed by atoms with Gasteiger partial charge in [0.15, 0.2) is 0 Å². The van der Waals surface area contributed by atoms with Crippen molar-refractivity contribution in [2.24, 2.45) is 0 Å². The van der Waals surface area contributed by atoms with E-state index in [2.05, 4.69) is 5.32 Å².